The standard InChI is InChI=1S/C10H9F2NO/c1-14-9-3-2-8(10(11)12)6-7(9)4-5-13/h2-3,6,10H,4H2,1H3. The zero-order chi connectivity index (χ0) is 10.6. The molecular weight excluding hydrogens is 188 g/mol. The lowest BCUT2D eigenvalue weighted by Gasteiger charge is -2.07. The minimum absolute atomic E-state index is 0.0731. The van der Waals surface area contributed by atoms with Gasteiger partial charge >= 0.3 is 0 Å². The van der Waals surface area contributed by atoms with E-state index in [1.54, 1.807) is 0 Å². The van der Waals surface area contributed by atoms with E-state index in [2.05, 4.69) is 0 Å². The van der Waals surface area contributed by atoms with Crippen molar-refractivity contribution in [3.05, 3.63) is 29.3 Å². The van der Waals surface area contributed by atoms with Crippen LogP contribution < -0.4 is 4.74 Å². The predicted molar refractivity (Wildman–Crippen MR) is 47.3 cm³/mol. The SMILES string of the molecule is COc1ccc(C(F)F)cc1CC#N. The van der Waals surface area contributed by atoms with Crippen LogP contribution in [0.15, 0.2) is 18.2 Å². The Labute approximate surface area is 80.7 Å². The Balaban J connectivity index is 3.08. The highest BCUT2D eigenvalue weighted by molar-refractivity contribution is 5.39. The molecule has 0 amide bonds. The topological polar surface area (TPSA) is 33.0 Å². The molecule has 0 aliphatic heterocycles. The van der Waals surface area contributed by atoms with Crippen LogP contribution in [0.2, 0.25) is 0 Å². The first-order chi connectivity index (χ1) is 6.69. The van der Waals surface area contributed by atoms with E-state index in [-0.39, 0.29) is 12.0 Å². The summed E-state index contributed by atoms with van der Waals surface area (Å²) in [6, 6.07) is 5.95. The Hall–Kier alpha value is -1.63. The minimum atomic E-state index is -2.52. The molecule has 14 heavy (non-hydrogen) atoms. The lowest BCUT2D eigenvalue weighted by molar-refractivity contribution is 0.151. The maximum absolute atomic E-state index is 12.3. The van der Waals surface area contributed by atoms with Crippen molar-refractivity contribution in [1.82, 2.24) is 0 Å². The average Bonchev–Trinajstić information content (AvgIpc) is 2.18. The van der Waals surface area contributed by atoms with Gasteiger partial charge in [-0.2, -0.15) is 5.26 Å². The summed E-state index contributed by atoms with van der Waals surface area (Å²) in [4.78, 5) is 0. The van der Waals surface area contributed by atoms with Crippen molar-refractivity contribution in [3.63, 3.8) is 0 Å². The van der Waals surface area contributed by atoms with Crippen LogP contribution in [0.3, 0.4) is 0 Å². The van der Waals surface area contributed by atoms with Crippen molar-refractivity contribution >= 4 is 0 Å². The first kappa shape index (κ1) is 10.5. The third-order valence-electron chi connectivity index (χ3n) is 1.83. The van der Waals surface area contributed by atoms with Crippen molar-refractivity contribution < 1.29 is 13.5 Å². The number of benzene rings is 1. The summed E-state index contributed by atoms with van der Waals surface area (Å²) in [5, 5.41) is 8.48. The number of ether oxygens (including phenoxy) is 1. The van der Waals surface area contributed by atoms with Gasteiger partial charge in [0.05, 0.1) is 19.6 Å². The zero-order valence-electron chi connectivity index (χ0n) is 7.63. The summed E-state index contributed by atoms with van der Waals surface area (Å²) in [5.74, 6) is 0.468. The lowest BCUT2D eigenvalue weighted by Crippen LogP contribution is -1.93. The minimum Gasteiger partial charge on any atom is -0.496 e. The summed E-state index contributed by atoms with van der Waals surface area (Å²) < 4.78 is 29.5. The van der Waals surface area contributed by atoms with E-state index in [1.165, 1.54) is 25.3 Å². The predicted octanol–water partition coefficient (Wildman–Crippen LogP) is 2.70. The van der Waals surface area contributed by atoms with Gasteiger partial charge in [0, 0.05) is 11.1 Å². The van der Waals surface area contributed by atoms with Crippen LogP contribution in [0.25, 0.3) is 0 Å². The van der Waals surface area contributed by atoms with E-state index in [0.29, 0.717) is 11.3 Å². The molecule has 0 fully saturated rings. The van der Waals surface area contributed by atoms with E-state index >= 15 is 0 Å². The van der Waals surface area contributed by atoms with E-state index in [0.717, 1.165) is 0 Å². The smallest absolute Gasteiger partial charge is 0.263 e. The van der Waals surface area contributed by atoms with Gasteiger partial charge in [-0.15, -0.1) is 0 Å². The summed E-state index contributed by atoms with van der Waals surface area (Å²) in [5.41, 5.74) is 0.406. The first-order valence-electron chi connectivity index (χ1n) is 4.01. The molecule has 0 atom stereocenters. The van der Waals surface area contributed by atoms with Crippen LogP contribution in [-0.2, 0) is 6.42 Å². The highest BCUT2D eigenvalue weighted by Gasteiger charge is 2.10. The second-order valence-corrected chi connectivity index (χ2v) is 2.71. The van der Waals surface area contributed by atoms with Crippen LogP contribution in [0, 0.1) is 11.3 Å². The fraction of sp³-hybridized carbons (Fsp3) is 0.300. The first-order valence-corrected chi connectivity index (χ1v) is 4.01. The molecule has 0 radical (unpaired) electrons. The molecule has 1 rings (SSSR count). The number of rotatable bonds is 3. The Morgan fingerprint density at radius 3 is 2.71 bits per heavy atom. The van der Waals surface area contributed by atoms with Gasteiger partial charge in [-0.1, -0.05) is 0 Å². The van der Waals surface area contributed by atoms with Crippen LogP contribution >= 0.6 is 0 Å². The number of nitriles is 1. The number of alkyl halides is 2. The van der Waals surface area contributed by atoms with Gasteiger partial charge < -0.3 is 4.74 Å². The molecule has 0 aliphatic rings. The van der Waals surface area contributed by atoms with Gasteiger partial charge in [-0.3, -0.25) is 0 Å². The molecule has 0 saturated heterocycles. The van der Waals surface area contributed by atoms with E-state index in [9.17, 15) is 8.78 Å². The monoisotopic (exact) mass is 197 g/mol. The Morgan fingerprint density at radius 2 is 2.21 bits per heavy atom. The molecule has 0 heterocycles. The molecule has 0 bridgehead atoms. The van der Waals surface area contributed by atoms with Crippen molar-refractivity contribution in [2.24, 2.45) is 0 Å². The van der Waals surface area contributed by atoms with E-state index in [4.69, 9.17) is 10.00 Å². The molecule has 2 nitrogen and oxygen atoms in total. The van der Waals surface area contributed by atoms with Crippen molar-refractivity contribution in [1.29, 1.82) is 5.26 Å². The Kier molecular flexibility index (Phi) is 3.41. The molecule has 0 unspecified atom stereocenters. The molecule has 0 N–H and O–H groups in total. The van der Waals surface area contributed by atoms with Gasteiger partial charge in [-0.05, 0) is 18.2 Å². The second kappa shape index (κ2) is 4.56. The van der Waals surface area contributed by atoms with Crippen LogP contribution in [0.5, 0.6) is 5.75 Å². The van der Waals surface area contributed by atoms with Crippen LogP contribution in [-0.4, -0.2) is 7.11 Å². The summed E-state index contributed by atoms with van der Waals surface area (Å²) in [6.45, 7) is 0. The van der Waals surface area contributed by atoms with Gasteiger partial charge in [0.15, 0.2) is 0 Å². The van der Waals surface area contributed by atoms with Gasteiger partial charge in [0.2, 0.25) is 0 Å². The zero-order valence-corrected chi connectivity index (χ0v) is 7.63. The largest absolute Gasteiger partial charge is 0.496 e. The maximum atomic E-state index is 12.3. The molecule has 1 aromatic rings. The third-order valence-corrected chi connectivity index (χ3v) is 1.83. The van der Waals surface area contributed by atoms with Crippen LogP contribution in [0.4, 0.5) is 8.78 Å². The molecule has 4 heteroatoms. The molecule has 74 valence electrons. The van der Waals surface area contributed by atoms with E-state index in [1.807, 2.05) is 6.07 Å². The van der Waals surface area contributed by atoms with Gasteiger partial charge in [0.1, 0.15) is 5.75 Å². The van der Waals surface area contributed by atoms with Gasteiger partial charge in [-0.25, -0.2) is 8.78 Å². The average molecular weight is 197 g/mol. The summed E-state index contributed by atoms with van der Waals surface area (Å²) in [7, 11) is 1.44. The molecule has 0 aromatic heterocycles. The third kappa shape index (κ3) is 2.19. The number of hydrogen-bond donors (Lipinski definition) is 0. The summed E-state index contributed by atoms with van der Waals surface area (Å²) >= 11 is 0. The van der Waals surface area contributed by atoms with Crippen molar-refractivity contribution in [3.8, 4) is 11.8 Å². The fourth-order valence-electron chi connectivity index (χ4n) is 1.16. The quantitative estimate of drug-likeness (QED) is 0.746. The maximum Gasteiger partial charge on any atom is 0.263 e. The molecular formula is C10H9F2NO. The Bertz CT molecular complexity index is 358. The highest BCUT2D eigenvalue weighted by Crippen LogP contribution is 2.26. The normalized spacial score (nSPS) is 9.93. The number of nitrogens with zero attached hydrogens (tertiary/aromatic N) is 1. The lowest BCUT2D eigenvalue weighted by atomic mass is 10.1. The number of methoxy groups -OCH3 is 1. The van der Waals surface area contributed by atoms with E-state index < -0.39 is 6.43 Å². The highest BCUT2D eigenvalue weighted by atomic mass is 19.3. The Morgan fingerprint density at radius 1 is 1.50 bits per heavy atom. The number of hydrogen-bond acceptors (Lipinski definition) is 2. The second-order valence-electron chi connectivity index (χ2n) is 2.71. The number of halogens is 2. The fourth-order valence-corrected chi connectivity index (χ4v) is 1.16. The molecule has 0 saturated carbocycles. The molecule has 1 aromatic carbocycles. The van der Waals surface area contributed by atoms with Crippen molar-refractivity contribution in [2.45, 2.75) is 12.8 Å². The molecule has 0 aliphatic carbocycles. The van der Waals surface area contributed by atoms with Gasteiger partial charge in [0.25, 0.3) is 6.43 Å². The molecule has 0 spiro atoms. The van der Waals surface area contributed by atoms with Crippen molar-refractivity contribution in [2.75, 3.05) is 7.11 Å². The van der Waals surface area contributed by atoms with Crippen LogP contribution in [0.1, 0.15) is 17.6 Å². The summed E-state index contributed by atoms with van der Waals surface area (Å²) in [6.07, 6.45) is -2.44.